The maximum Gasteiger partial charge on any atom is 0.254 e. The lowest BCUT2D eigenvalue weighted by Gasteiger charge is -2.32. The highest BCUT2D eigenvalue weighted by Gasteiger charge is 2.29. The highest BCUT2D eigenvalue weighted by atomic mass is 16.5. The zero-order valence-corrected chi connectivity index (χ0v) is 19.2. The third-order valence-corrected chi connectivity index (χ3v) is 6.66. The van der Waals surface area contributed by atoms with Crippen molar-refractivity contribution in [2.45, 2.75) is 31.8 Å². The molecule has 0 aliphatic carbocycles. The molecule has 5 rings (SSSR count). The zero-order chi connectivity index (χ0) is 23.3. The van der Waals surface area contributed by atoms with Crippen LogP contribution in [0.5, 0.6) is 5.75 Å². The number of hydrogen-bond acceptors (Lipinski definition) is 4. The summed E-state index contributed by atoms with van der Waals surface area (Å²) >= 11 is 0. The molecule has 0 spiro atoms. The van der Waals surface area contributed by atoms with E-state index in [9.17, 15) is 9.59 Å². The fourth-order valence-electron chi connectivity index (χ4n) is 4.83. The summed E-state index contributed by atoms with van der Waals surface area (Å²) in [4.78, 5) is 28.2. The third-order valence-electron chi connectivity index (χ3n) is 6.66. The van der Waals surface area contributed by atoms with Crippen LogP contribution >= 0.6 is 0 Å². The molecule has 2 aliphatic rings. The van der Waals surface area contributed by atoms with Gasteiger partial charge in [0, 0.05) is 37.0 Å². The number of fused-ring (bicyclic) bond motifs is 1. The Bertz CT molecular complexity index is 1170. The van der Waals surface area contributed by atoms with E-state index in [4.69, 9.17) is 9.47 Å². The number of rotatable bonds is 6. The lowest BCUT2D eigenvalue weighted by molar-refractivity contribution is -0.121. The van der Waals surface area contributed by atoms with E-state index in [2.05, 4.69) is 5.32 Å². The topological polar surface area (TPSA) is 67.9 Å². The van der Waals surface area contributed by atoms with Gasteiger partial charge in [-0.05, 0) is 54.7 Å². The van der Waals surface area contributed by atoms with Crippen LogP contribution in [-0.4, -0.2) is 49.1 Å². The molecule has 6 nitrogen and oxygen atoms in total. The smallest absolute Gasteiger partial charge is 0.254 e. The Labute approximate surface area is 199 Å². The van der Waals surface area contributed by atoms with Crippen molar-refractivity contribution in [3.05, 3.63) is 72.3 Å². The molecule has 2 heterocycles. The van der Waals surface area contributed by atoms with Gasteiger partial charge in [0.1, 0.15) is 12.4 Å². The number of anilines is 1. The van der Waals surface area contributed by atoms with E-state index in [1.54, 1.807) is 0 Å². The number of likely N-dealkylation sites (tertiary alicyclic amines) is 1. The van der Waals surface area contributed by atoms with Crippen LogP contribution in [0.3, 0.4) is 0 Å². The number of carbonyl (C=O) groups is 2. The first-order valence-electron chi connectivity index (χ1n) is 12.1. The predicted molar refractivity (Wildman–Crippen MR) is 132 cm³/mol. The van der Waals surface area contributed by atoms with Gasteiger partial charge in [-0.2, -0.15) is 0 Å². The number of amides is 2. The molecule has 0 radical (unpaired) electrons. The van der Waals surface area contributed by atoms with Crippen molar-refractivity contribution in [2.24, 2.45) is 5.92 Å². The molecule has 176 valence electrons. The number of ether oxygens (including phenoxy) is 2. The van der Waals surface area contributed by atoms with E-state index in [-0.39, 0.29) is 23.8 Å². The van der Waals surface area contributed by atoms with Crippen LogP contribution in [0.2, 0.25) is 0 Å². The molecule has 2 unspecified atom stereocenters. The van der Waals surface area contributed by atoms with Gasteiger partial charge in [-0.15, -0.1) is 0 Å². The number of hydrogen-bond donors (Lipinski definition) is 1. The largest absolute Gasteiger partial charge is 0.491 e. The van der Waals surface area contributed by atoms with E-state index in [1.165, 1.54) is 0 Å². The minimum absolute atomic E-state index is 0.0150. The molecule has 2 atom stereocenters. The minimum Gasteiger partial charge on any atom is -0.491 e. The van der Waals surface area contributed by atoms with Crippen molar-refractivity contribution in [1.29, 1.82) is 0 Å². The summed E-state index contributed by atoms with van der Waals surface area (Å²) in [6.45, 7) is 2.40. The summed E-state index contributed by atoms with van der Waals surface area (Å²) in [6.07, 6.45) is 3.81. The normalized spacial score (nSPS) is 20.3. The van der Waals surface area contributed by atoms with Gasteiger partial charge in [-0.1, -0.05) is 42.5 Å². The molecule has 6 heteroatoms. The van der Waals surface area contributed by atoms with Crippen LogP contribution in [-0.2, 0) is 9.53 Å². The highest BCUT2D eigenvalue weighted by molar-refractivity contribution is 6.07. The van der Waals surface area contributed by atoms with Crippen molar-refractivity contribution >= 4 is 28.3 Å². The molecule has 3 aromatic carbocycles. The van der Waals surface area contributed by atoms with Crippen molar-refractivity contribution in [1.82, 2.24) is 4.90 Å². The first-order valence-corrected chi connectivity index (χ1v) is 12.1. The average Bonchev–Trinajstić information content (AvgIpc) is 3.41. The van der Waals surface area contributed by atoms with Crippen LogP contribution in [0.4, 0.5) is 5.69 Å². The first-order chi connectivity index (χ1) is 16.7. The Kier molecular flexibility index (Phi) is 6.77. The molecular formula is C28H30N2O4. The third kappa shape index (κ3) is 5.07. The van der Waals surface area contributed by atoms with Crippen molar-refractivity contribution in [3.63, 3.8) is 0 Å². The van der Waals surface area contributed by atoms with Crippen LogP contribution in [0.15, 0.2) is 66.7 Å². The predicted octanol–water partition coefficient (Wildman–Crippen LogP) is 4.89. The van der Waals surface area contributed by atoms with Gasteiger partial charge in [0.25, 0.3) is 5.91 Å². The molecule has 2 fully saturated rings. The summed E-state index contributed by atoms with van der Waals surface area (Å²) < 4.78 is 11.5. The van der Waals surface area contributed by atoms with Crippen molar-refractivity contribution in [3.8, 4) is 5.75 Å². The van der Waals surface area contributed by atoms with Crippen LogP contribution < -0.4 is 10.1 Å². The quantitative estimate of drug-likeness (QED) is 0.571. The maximum atomic E-state index is 13.3. The molecule has 34 heavy (non-hydrogen) atoms. The minimum atomic E-state index is -0.246. The summed E-state index contributed by atoms with van der Waals surface area (Å²) in [5, 5.41) is 5.01. The fraction of sp³-hybridized carbons (Fsp3) is 0.357. The Hall–Kier alpha value is -3.38. The van der Waals surface area contributed by atoms with Gasteiger partial charge in [0.2, 0.25) is 5.91 Å². The maximum absolute atomic E-state index is 13.3. The van der Waals surface area contributed by atoms with Crippen LogP contribution in [0, 0.1) is 5.92 Å². The second-order valence-electron chi connectivity index (χ2n) is 9.08. The van der Waals surface area contributed by atoms with Crippen molar-refractivity contribution < 1.29 is 19.1 Å². The van der Waals surface area contributed by atoms with Gasteiger partial charge < -0.3 is 19.7 Å². The molecule has 0 aromatic heterocycles. The second kappa shape index (κ2) is 10.3. The summed E-state index contributed by atoms with van der Waals surface area (Å²) in [5.41, 5.74) is 1.39. The van der Waals surface area contributed by atoms with Gasteiger partial charge in [-0.3, -0.25) is 9.59 Å². The number of piperidine rings is 1. The molecule has 1 N–H and O–H groups in total. The molecule has 0 bridgehead atoms. The lowest BCUT2D eigenvalue weighted by Crippen LogP contribution is -2.43. The number of benzene rings is 3. The fourth-order valence-corrected chi connectivity index (χ4v) is 4.83. The van der Waals surface area contributed by atoms with E-state index < -0.39 is 0 Å². The zero-order valence-electron chi connectivity index (χ0n) is 19.2. The molecule has 2 amide bonds. The van der Waals surface area contributed by atoms with Crippen molar-refractivity contribution in [2.75, 3.05) is 31.6 Å². The van der Waals surface area contributed by atoms with E-state index in [0.29, 0.717) is 36.7 Å². The van der Waals surface area contributed by atoms with Gasteiger partial charge >= 0.3 is 0 Å². The number of nitrogens with zero attached hydrogens (tertiary/aromatic N) is 1. The molecular weight excluding hydrogens is 428 g/mol. The first kappa shape index (κ1) is 22.4. The molecule has 2 aliphatic heterocycles. The SMILES string of the molecule is O=C(Nc1cccc(OCC2CCCO2)c1)C1CCCN(C(=O)c2cccc3ccccc23)C1. The monoisotopic (exact) mass is 458 g/mol. The molecule has 0 saturated carbocycles. The second-order valence-corrected chi connectivity index (χ2v) is 9.08. The van der Waals surface area contributed by atoms with Crippen LogP contribution in [0.25, 0.3) is 10.8 Å². The van der Waals surface area contributed by atoms with Crippen LogP contribution in [0.1, 0.15) is 36.0 Å². The Balaban J connectivity index is 1.22. The van der Waals surface area contributed by atoms with E-state index in [0.717, 1.165) is 43.1 Å². The number of nitrogens with one attached hydrogen (secondary N) is 1. The standard InChI is InChI=1S/C28H30N2O4/c31-27(29-22-10-4-11-23(17-22)34-19-24-12-6-16-33-24)21-9-5-15-30(18-21)28(32)26-14-3-8-20-7-1-2-13-25(20)26/h1-4,7-8,10-11,13-14,17,21,24H,5-6,9,12,15-16,18-19H2,(H,29,31). The lowest BCUT2D eigenvalue weighted by atomic mass is 9.95. The Morgan fingerprint density at radius 1 is 1.00 bits per heavy atom. The Morgan fingerprint density at radius 3 is 2.74 bits per heavy atom. The summed E-state index contributed by atoms with van der Waals surface area (Å²) in [6, 6.07) is 21.2. The van der Waals surface area contributed by atoms with E-state index >= 15 is 0 Å². The van der Waals surface area contributed by atoms with Gasteiger partial charge in [0.05, 0.1) is 12.0 Å². The number of carbonyl (C=O) groups excluding carboxylic acids is 2. The molecule has 2 saturated heterocycles. The Morgan fingerprint density at radius 2 is 1.85 bits per heavy atom. The highest BCUT2D eigenvalue weighted by Crippen LogP contribution is 2.25. The van der Waals surface area contributed by atoms with E-state index in [1.807, 2.05) is 71.6 Å². The summed E-state index contributed by atoms with van der Waals surface area (Å²) in [7, 11) is 0. The molecule has 3 aromatic rings. The van der Waals surface area contributed by atoms with Gasteiger partial charge in [0.15, 0.2) is 0 Å². The summed E-state index contributed by atoms with van der Waals surface area (Å²) in [5.74, 6) is 0.388. The van der Waals surface area contributed by atoms with Gasteiger partial charge in [-0.25, -0.2) is 0 Å². The average molecular weight is 459 g/mol.